The monoisotopic (exact) mass is 454 g/mol. The number of nitrogens with zero attached hydrogens (tertiary/aromatic N) is 2. The molecular weight excluding hydrogens is 415 g/mol. The molecule has 0 radical (unpaired) electrons. The van der Waals surface area contributed by atoms with E-state index >= 15 is 0 Å². The van der Waals surface area contributed by atoms with E-state index in [0.29, 0.717) is 5.92 Å². The normalized spacial score (nSPS) is 16.8. The molecule has 1 fully saturated rings. The van der Waals surface area contributed by atoms with Gasteiger partial charge in [0.05, 0.1) is 0 Å². The van der Waals surface area contributed by atoms with Gasteiger partial charge >= 0.3 is 0 Å². The number of rotatable bonds is 9. The third kappa shape index (κ3) is 10.0. The molecule has 0 aromatic heterocycles. The average molecular weight is 454 g/mol. The Hall–Kier alpha value is -0.0800. The summed E-state index contributed by atoms with van der Waals surface area (Å²) in [4.78, 5) is 6.91. The number of aliphatic imine (C=N–C) groups is 1. The van der Waals surface area contributed by atoms with Gasteiger partial charge in [0.1, 0.15) is 0 Å². The van der Waals surface area contributed by atoms with Gasteiger partial charge in [-0.15, -0.1) is 24.0 Å². The molecule has 5 nitrogen and oxygen atoms in total. The zero-order chi connectivity index (χ0) is 17.1. The maximum Gasteiger partial charge on any atom is 0.191 e. The second kappa shape index (κ2) is 13.2. The summed E-state index contributed by atoms with van der Waals surface area (Å²) in [5.74, 6) is 1.49. The van der Waals surface area contributed by atoms with Crippen molar-refractivity contribution < 1.29 is 4.74 Å². The minimum Gasteiger partial charge on any atom is -0.381 e. The van der Waals surface area contributed by atoms with Crippen molar-refractivity contribution in [3.63, 3.8) is 0 Å². The van der Waals surface area contributed by atoms with Gasteiger partial charge in [0.2, 0.25) is 0 Å². The number of guanidine groups is 1. The van der Waals surface area contributed by atoms with Crippen molar-refractivity contribution in [3.05, 3.63) is 0 Å². The fraction of sp³-hybridized carbons (Fsp3) is 0.944. The van der Waals surface area contributed by atoms with Crippen molar-refractivity contribution in [2.75, 3.05) is 46.4 Å². The largest absolute Gasteiger partial charge is 0.381 e. The number of hydrogen-bond acceptors (Lipinski definition) is 3. The molecule has 24 heavy (non-hydrogen) atoms. The molecule has 6 heteroatoms. The Bertz CT molecular complexity index is 342. The Morgan fingerprint density at radius 1 is 1.17 bits per heavy atom. The van der Waals surface area contributed by atoms with E-state index in [1.807, 2.05) is 7.05 Å². The molecule has 0 aliphatic carbocycles. The number of piperidine rings is 1. The topological polar surface area (TPSA) is 48.9 Å². The van der Waals surface area contributed by atoms with E-state index in [0.717, 1.165) is 38.7 Å². The predicted octanol–water partition coefficient (Wildman–Crippen LogP) is 3.10. The van der Waals surface area contributed by atoms with Gasteiger partial charge in [-0.05, 0) is 52.1 Å². The molecule has 144 valence electrons. The van der Waals surface area contributed by atoms with E-state index < -0.39 is 0 Å². The lowest BCUT2D eigenvalue weighted by Crippen LogP contribution is -2.54. The van der Waals surface area contributed by atoms with Crippen molar-refractivity contribution in [1.29, 1.82) is 0 Å². The van der Waals surface area contributed by atoms with E-state index in [1.165, 1.54) is 32.4 Å². The standard InChI is InChI=1S/C18H38N4O.HI/c1-16(2)14-23-13-9-10-20-17(19-5)21-15-18(3,4)22-11-7-6-8-12-22;/h16H,6-15H2,1-5H3,(H2,19,20,21);1H. The summed E-state index contributed by atoms with van der Waals surface area (Å²) < 4.78 is 5.60. The van der Waals surface area contributed by atoms with Gasteiger partial charge in [-0.25, -0.2) is 0 Å². The highest BCUT2D eigenvalue weighted by Gasteiger charge is 2.27. The van der Waals surface area contributed by atoms with E-state index in [9.17, 15) is 0 Å². The van der Waals surface area contributed by atoms with Gasteiger partial charge in [-0.2, -0.15) is 0 Å². The molecule has 1 aliphatic heterocycles. The van der Waals surface area contributed by atoms with Crippen molar-refractivity contribution in [1.82, 2.24) is 15.5 Å². The second-order valence-corrected chi connectivity index (χ2v) is 7.54. The third-order valence-corrected chi connectivity index (χ3v) is 4.33. The summed E-state index contributed by atoms with van der Waals surface area (Å²) in [6.07, 6.45) is 5.03. The quantitative estimate of drug-likeness (QED) is 0.243. The van der Waals surface area contributed by atoms with Crippen LogP contribution in [0, 0.1) is 5.92 Å². The minimum atomic E-state index is 0. The molecule has 0 saturated carbocycles. The molecule has 0 amide bonds. The Morgan fingerprint density at radius 3 is 2.42 bits per heavy atom. The number of hydrogen-bond donors (Lipinski definition) is 2. The lowest BCUT2D eigenvalue weighted by molar-refractivity contribution is 0.0981. The lowest BCUT2D eigenvalue weighted by atomic mass is 9.98. The maximum absolute atomic E-state index is 5.60. The minimum absolute atomic E-state index is 0. The van der Waals surface area contributed by atoms with Crippen LogP contribution in [-0.2, 0) is 4.74 Å². The highest BCUT2D eigenvalue weighted by atomic mass is 127. The number of halogens is 1. The van der Waals surface area contributed by atoms with Crippen LogP contribution in [0.1, 0.15) is 53.4 Å². The van der Waals surface area contributed by atoms with Crippen LogP contribution >= 0.6 is 24.0 Å². The first-order valence-electron chi connectivity index (χ1n) is 9.23. The second-order valence-electron chi connectivity index (χ2n) is 7.54. The Balaban J connectivity index is 0.00000529. The van der Waals surface area contributed by atoms with E-state index in [1.54, 1.807) is 0 Å². The van der Waals surface area contributed by atoms with Gasteiger partial charge in [0, 0.05) is 38.9 Å². The smallest absolute Gasteiger partial charge is 0.191 e. The van der Waals surface area contributed by atoms with Crippen LogP contribution in [0.25, 0.3) is 0 Å². The highest BCUT2D eigenvalue weighted by Crippen LogP contribution is 2.19. The zero-order valence-electron chi connectivity index (χ0n) is 16.4. The molecule has 2 N–H and O–H groups in total. The first-order chi connectivity index (χ1) is 11.0. The summed E-state index contributed by atoms with van der Waals surface area (Å²) in [5.41, 5.74) is 0.165. The van der Waals surface area contributed by atoms with Gasteiger partial charge in [0.15, 0.2) is 5.96 Å². The number of ether oxygens (including phenoxy) is 1. The third-order valence-electron chi connectivity index (χ3n) is 4.33. The molecule has 1 saturated heterocycles. The molecule has 0 aromatic carbocycles. The number of likely N-dealkylation sites (tertiary alicyclic amines) is 1. The summed E-state index contributed by atoms with van der Waals surface area (Å²) in [7, 11) is 1.83. The van der Waals surface area contributed by atoms with Gasteiger partial charge in [-0.3, -0.25) is 9.89 Å². The molecule has 1 heterocycles. The van der Waals surface area contributed by atoms with Crippen molar-refractivity contribution >= 4 is 29.9 Å². The molecule has 1 rings (SSSR count). The molecule has 0 aromatic rings. The summed E-state index contributed by atoms with van der Waals surface area (Å²) in [6, 6.07) is 0. The van der Waals surface area contributed by atoms with Crippen molar-refractivity contribution in [2.45, 2.75) is 58.9 Å². The Kier molecular flexibility index (Phi) is 13.1. The lowest BCUT2D eigenvalue weighted by Gasteiger charge is -2.41. The Labute approximate surface area is 166 Å². The molecule has 0 bridgehead atoms. The van der Waals surface area contributed by atoms with Crippen LogP contribution in [0.5, 0.6) is 0 Å². The van der Waals surface area contributed by atoms with Crippen LogP contribution in [0.2, 0.25) is 0 Å². The van der Waals surface area contributed by atoms with Crippen LogP contribution in [0.15, 0.2) is 4.99 Å². The SMILES string of the molecule is CN=C(NCCCOCC(C)C)NCC(C)(C)N1CCCCC1.I. The fourth-order valence-corrected chi connectivity index (χ4v) is 2.83. The summed E-state index contributed by atoms with van der Waals surface area (Å²) >= 11 is 0. The van der Waals surface area contributed by atoms with Crippen LogP contribution in [0.3, 0.4) is 0 Å². The molecule has 0 spiro atoms. The summed E-state index contributed by atoms with van der Waals surface area (Å²) in [6.45, 7) is 14.9. The van der Waals surface area contributed by atoms with E-state index in [4.69, 9.17) is 4.74 Å². The summed E-state index contributed by atoms with van der Waals surface area (Å²) in [5, 5.41) is 6.85. The van der Waals surface area contributed by atoms with E-state index in [-0.39, 0.29) is 29.5 Å². The molecular formula is C18H39IN4O. The van der Waals surface area contributed by atoms with Gasteiger partial charge in [-0.1, -0.05) is 20.3 Å². The first kappa shape index (κ1) is 23.9. The molecule has 0 unspecified atom stereocenters. The van der Waals surface area contributed by atoms with Crippen LogP contribution in [-0.4, -0.2) is 62.8 Å². The zero-order valence-corrected chi connectivity index (χ0v) is 18.7. The van der Waals surface area contributed by atoms with Crippen LogP contribution in [0.4, 0.5) is 0 Å². The van der Waals surface area contributed by atoms with Gasteiger partial charge < -0.3 is 15.4 Å². The van der Waals surface area contributed by atoms with Crippen molar-refractivity contribution in [2.24, 2.45) is 10.9 Å². The van der Waals surface area contributed by atoms with E-state index in [2.05, 4.69) is 48.2 Å². The number of nitrogens with one attached hydrogen (secondary N) is 2. The van der Waals surface area contributed by atoms with Gasteiger partial charge in [0.25, 0.3) is 0 Å². The predicted molar refractivity (Wildman–Crippen MR) is 115 cm³/mol. The first-order valence-corrected chi connectivity index (χ1v) is 9.23. The fourth-order valence-electron chi connectivity index (χ4n) is 2.83. The average Bonchev–Trinajstić information content (AvgIpc) is 2.54. The van der Waals surface area contributed by atoms with Crippen LogP contribution < -0.4 is 10.6 Å². The molecule has 1 aliphatic rings. The van der Waals surface area contributed by atoms with Crippen molar-refractivity contribution in [3.8, 4) is 0 Å². The highest BCUT2D eigenvalue weighted by molar-refractivity contribution is 14.0. The maximum atomic E-state index is 5.60. The Morgan fingerprint density at radius 2 is 1.83 bits per heavy atom. The molecule has 0 atom stereocenters.